The molecular formula is C23H28ClNO3. The van der Waals surface area contributed by atoms with Gasteiger partial charge in [0, 0.05) is 11.1 Å². The van der Waals surface area contributed by atoms with Crippen molar-refractivity contribution in [1.82, 2.24) is 5.32 Å². The molecule has 4 nitrogen and oxygen atoms in total. The zero-order chi connectivity index (χ0) is 20.5. The molecule has 0 saturated carbocycles. The summed E-state index contributed by atoms with van der Waals surface area (Å²) in [5.41, 5.74) is 2.07. The normalized spacial score (nSPS) is 13.0. The Morgan fingerprint density at radius 3 is 2.25 bits per heavy atom. The molecule has 5 heteroatoms. The number of hydrogen-bond donors (Lipinski definition) is 1. The van der Waals surface area contributed by atoms with E-state index >= 15 is 0 Å². The molecule has 2 aromatic carbocycles. The molecule has 0 fully saturated rings. The summed E-state index contributed by atoms with van der Waals surface area (Å²) in [6.07, 6.45) is 1.71. The summed E-state index contributed by atoms with van der Waals surface area (Å²) in [5.74, 6) is -1.07. The zero-order valence-corrected chi connectivity index (χ0v) is 17.4. The highest BCUT2D eigenvalue weighted by Crippen LogP contribution is 2.27. The number of aryl methyl sites for hydroxylation is 1. The maximum atomic E-state index is 12.5. The molecule has 0 aliphatic heterocycles. The molecule has 28 heavy (non-hydrogen) atoms. The smallest absolute Gasteiger partial charge is 0.314 e. The first-order valence-electron chi connectivity index (χ1n) is 9.62. The molecule has 2 aromatic rings. The number of hydrogen-bond acceptors (Lipinski definition) is 3. The van der Waals surface area contributed by atoms with Gasteiger partial charge >= 0.3 is 5.97 Å². The van der Waals surface area contributed by atoms with Crippen LogP contribution in [0.2, 0.25) is 5.02 Å². The van der Waals surface area contributed by atoms with Gasteiger partial charge in [-0.15, -0.1) is 0 Å². The van der Waals surface area contributed by atoms with Gasteiger partial charge in [0.25, 0.3) is 5.91 Å². The van der Waals surface area contributed by atoms with Crippen LogP contribution >= 0.6 is 11.6 Å². The van der Waals surface area contributed by atoms with E-state index < -0.39 is 11.9 Å². The van der Waals surface area contributed by atoms with Gasteiger partial charge in [0.05, 0.1) is 5.92 Å². The highest BCUT2D eigenvalue weighted by atomic mass is 35.5. The summed E-state index contributed by atoms with van der Waals surface area (Å²) in [6, 6.07) is 17.3. The monoisotopic (exact) mass is 401 g/mol. The second-order valence-corrected chi connectivity index (χ2v) is 7.81. The Morgan fingerprint density at radius 2 is 1.64 bits per heavy atom. The maximum Gasteiger partial charge on any atom is 0.314 e. The minimum atomic E-state index is -0.430. The van der Waals surface area contributed by atoms with Crippen LogP contribution in [0.25, 0.3) is 0 Å². The van der Waals surface area contributed by atoms with E-state index in [4.69, 9.17) is 16.3 Å². The molecule has 150 valence electrons. The van der Waals surface area contributed by atoms with Gasteiger partial charge in [-0.3, -0.25) is 9.59 Å². The molecule has 0 bridgehead atoms. The number of benzene rings is 2. The molecule has 0 radical (unpaired) electrons. The second-order valence-electron chi connectivity index (χ2n) is 7.37. The van der Waals surface area contributed by atoms with Crippen molar-refractivity contribution in [2.24, 2.45) is 5.92 Å². The first-order valence-corrected chi connectivity index (χ1v) is 10.00. The van der Waals surface area contributed by atoms with Gasteiger partial charge in [0.15, 0.2) is 6.61 Å². The number of carbonyl (C=O) groups excluding carboxylic acids is 2. The van der Waals surface area contributed by atoms with Crippen LogP contribution in [-0.4, -0.2) is 24.5 Å². The number of carbonyl (C=O) groups is 2. The Kier molecular flexibility index (Phi) is 8.52. The van der Waals surface area contributed by atoms with Crippen LogP contribution in [-0.2, 0) is 20.7 Å². The van der Waals surface area contributed by atoms with E-state index in [1.807, 2.05) is 51.1 Å². The third kappa shape index (κ3) is 7.01. The summed E-state index contributed by atoms with van der Waals surface area (Å²) in [5, 5.41) is 3.50. The maximum absolute atomic E-state index is 12.5. The van der Waals surface area contributed by atoms with Crippen LogP contribution in [0.15, 0.2) is 54.6 Å². The van der Waals surface area contributed by atoms with E-state index in [1.54, 1.807) is 12.1 Å². The molecule has 2 atom stereocenters. The van der Waals surface area contributed by atoms with Crippen LogP contribution in [0, 0.1) is 5.92 Å². The summed E-state index contributed by atoms with van der Waals surface area (Å²) >= 11 is 5.92. The van der Waals surface area contributed by atoms with Crippen LogP contribution in [0.4, 0.5) is 0 Å². The van der Waals surface area contributed by atoms with Crippen molar-refractivity contribution >= 4 is 23.5 Å². The van der Waals surface area contributed by atoms with E-state index in [9.17, 15) is 9.59 Å². The third-order valence-corrected chi connectivity index (χ3v) is 4.86. The molecule has 0 aliphatic carbocycles. The second kappa shape index (κ2) is 10.9. The predicted octanol–water partition coefficient (Wildman–Crippen LogP) is 4.76. The van der Waals surface area contributed by atoms with Gasteiger partial charge < -0.3 is 10.1 Å². The number of esters is 1. The fraction of sp³-hybridized carbons (Fsp3) is 0.391. The fourth-order valence-electron chi connectivity index (χ4n) is 3.11. The van der Waals surface area contributed by atoms with Crippen molar-refractivity contribution in [3.8, 4) is 0 Å². The Bertz CT molecular complexity index is 759. The fourth-order valence-corrected chi connectivity index (χ4v) is 3.23. The minimum absolute atomic E-state index is 0.00330. The first-order chi connectivity index (χ1) is 13.4. The predicted molar refractivity (Wildman–Crippen MR) is 112 cm³/mol. The summed E-state index contributed by atoms with van der Waals surface area (Å²) < 4.78 is 5.29. The van der Waals surface area contributed by atoms with E-state index in [2.05, 4.69) is 17.4 Å². The van der Waals surface area contributed by atoms with Crippen molar-refractivity contribution < 1.29 is 14.3 Å². The largest absolute Gasteiger partial charge is 0.455 e. The molecule has 0 unspecified atom stereocenters. The van der Waals surface area contributed by atoms with E-state index in [-0.39, 0.29) is 24.5 Å². The van der Waals surface area contributed by atoms with Gasteiger partial charge in [-0.1, -0.05) is 67.9 Å². The van der Waals surface area contributed by atoms with Gasteiger partial charge in [0.2, 0.25) is 0 Å². The van der Waals surface area contributed by atoms with Gasteiger partial charge in [0.1, 0.15) is 0 Å². The third-order valence-electron chi connectivity index (χ3n) is 4.61. The Morgan fingerprint density at radius 1 is 1.00 bits per heavy atom. The summed E-state index contributed by atoms with van der Waals surface area (Å²) in [7, 11) is 0. The number of nitrogens with one attached hydrogen (secondary N) is 1. The topological polar surface area (TPSA) is 55.4 Å². The molecule has 1 N–H and O–H groups in total. The minimum Gasteiger partial charge on any atom is -0.455 e. The van der Waals surface area contributed by atoms with Crippen molar-refractivity contribution in [2.75, 3.05) is 6.61 Å². The van der Waals surface area contributed by atoms with E-state index in [0.29, 0.717) is 5.02 Å². The zero-order valence-electron chi connectivity index (χ0n) is 16.7. The summed E-state index contributed by atoms with van der Waals surface area (Å²) in [4.78, 5) is 24.7. The van der Waals surface area contributed by atoms with Crippen LogP contribution < -0.4 is 5.32 Å². The van der Waals surface area contributed by atoms with E-state index in [0.717, 1.165) is 18.4 Å². The van der Waals surface area contributed by atoms with Crippen LogP contribution in [0.5, 0.6) is 0 Å². The molecule has 0 aromatic heterocycles. The molecule has 0 aliphatic rings. The number of rotatable bonds is 9. The lowest BCUT2D eigenvalue weighted by Gasteiger charge is -2.20. The molecule has 1 amide bonds. The molecule has 0 heterocycles. The van der Waals surface area contributed by atoms with E-state index in [1.165, 1.54) is 5.56 Å². The standard InChI is InChI=1S/C23H28ClNO3/c1-16(2)22(19-11-13-20(24)14-12-19)23(27)28-15-21(26)25-17(3)9-10-18-7-5-4-6-8-18/h4-8,11-14,16-17,22H,9-10,15H2,1-3H3,(H,25,26)/t17-,22-/m1/s1. The molecule has 0 saturated heterocycles. The number of halogens is 1. The van der Waals surface area contributed by atoms with Crippen molar-refractivity contribution in [1.29, 1.82) is 0 Å². The quantitative estimate of drug-likeness (QED) is 0.616. The summed E-state index contributed by atoms with van der Waals surface area (Å²) in [6.45, 7) is 5.58. The first kappa shape index (κ1) is 22.0. The number of amides is 1. The highest BCUT2D eigenvalue weighted by Gasteiger charge is 2.26. The van der Waals surface area contributed by atoms with Crippen molar-refractivity contribution in [3.63, 3.8) is 0 Å². The Labute approximate surface area is 172 Å². The number of ether oxygens (including phenoxy) is 1. The lowest BCUT2D eigenvalue weighted by molar-refractivity contribution is -0.151. The molecular weight excluding hydrogens is 374 g/mol. The molecule has 2 rings (SSSR count). The lowest BCUT2D eigenvalue weighted by atomic mass is 9.88. The van der Waals surface area contributed by atoms with Gasteiger partial charge in [-0.05, 0) is 48.9 Å². The lowest BCUT2D eigenvalue weighted by Crippen LogP contribution is -2.36. The van der Waals surface area contributed by atoms with Crippen LogP contribution in [0.1, 0.15) is 44.2 Å². The van der Waals surface area contributed by atoms with Crippen molar-refractivity contribution in [3.05, 3.63) is 70.7 Å². The Hall–Kier alpha value is -2.33. The van der Waals surface area contributed by atoms with Gasteiger partial charge in [-0.2, -0.15) is 0 Å². The molecule has 0 spiro atoms. The average molecular weight is 402 g/mol. The SMILES string of the molecule is CC(C)[C@@H](C(=O)OCC(=O)N[C@H](C)CCc1ccccc1)c1ccc(Cl)cc1. The Balaban J connectivity index is 1.81. The average Bonchev–Trinajstić information content (AvgIpc) is 2.67. The van der Waals surface area contributed by atoms with Gasteiger partial charge in [-0.25, -0.2) is 0 Å². The highest BCUT2D eigenvalue weighted by molar-refractivity contribution is 6.30. The van der Waals surface area contributed by atoms with Crippen molar-refractivity contribution in [2.45, 2.75) is 45.6 Å². The van der Waals surface area contributed by atoms with Crippen LogP contribution in [0.3, 0.4) is 0 Å².